The van der Waals surface area contributed by atoms with Crippen LogP contribution >= 0.6 is 0 Å². The van der Waals surface area contributed by atoms with Crippen LogP contribution in [0, 0.1) is 6.92 Å². The molecular formula is C9H16NO2. The number of unbranched alkanes of at least 4 members (excludes halogenated alkanes) is 1. The molecule has 1 heterocycles. The molecule has 0 bridgehead atoms. The molecule has 1 unspecified atom stereocenters. The number of ether oxygens (including phenoxy) is 1. The predicted octanol–water partition coefficient (Wildman–Crippen LogP) is 0.548. The summed E-state index contributed by atoms with van der Waals surface area (Å²) >= 11 is 0. The highest BCUT2D eigenvalue weighted by Gasteiger charge is 2.19. The van der Waals surface area contributed by atoms with E-state index in [0.717, 1.165) is 26.0 Å². The minimum atomic E-state index is -0.0645. The summed E-state index contributed by atoms with van der Waals surface area (Å²) in [5, 5.41) is 3.13. The van der Waals surface area contributed by atoms with Gasteiger partial charge in [-0.15, -0.1) is 0 Å². The summed E-state index contributed by atoms with van der Waals surface area (Å²) in [4.78, 5) is 11.4. The van der Waals surface area contributed by atoms with Crippen LogP contribution in [-0.4, -0.2) is 31.6 Å². The highest BCUT2D eigenvalue weighted by atomic mass is 16.5. The maximum Gasteiger partial charge on any atom is 0.152 e. The predicted molar refractivity (Wildman–Crippen MR) is 46.8 cm³/mol. The molecule has 1 saturated heterocycles. The number of nitrogens with one attached hydrogen (secondary N) is 1. The first-order valence-electron chi connectivity index (χ1n) is 4.47. The van der Waals surface area contributed by atoms with Gasteiger partial charge in [0.25, 0.3) is 0 Å². The third-order valence-corrected chi connectivity index (χ3v) is 1.98. The number of carbonyl (C=O) groups excluding carboxylic acids is 1. The second-order valence-electron chi connectivity index (χ2n) is 3.01. The van der Waals surface area contributed by atoms with Crippen LogP contribution in [0.2, 0.25) is 0 Å². The molecule has 69 valence electrons. The topological polar surface area (TPSA) is 38.3 Å². The van der Waals surface area contributed by atoms with E-state index in [-0.39, 0.29) is 11.8 Å². The lowest BCUT2D eigenvalue weighted by Gasteiger charge is -2.22. The fraction of sp³-hybridized carbons (Fsp3) is 0.778. The summed E-state index contributed by atoms with van der Waals surface area (Å²) in [6, 6.07) is -0.0645. The number of ketones is 1. The molecule has 1 atom stereocenters. The SMILES string of the molecule is [CH2]CCCC(=O)C1COCCN1. The van der Waals surface area contributed by atoms with Gasteiger partial charge >= 0.3 is 0 Å². The standard InChI is InChI=1S/C9H16NO2/c1-2-3-4-9(11)8-7-12-6-5-10-8/h8,10H,1-7H2. The molecule has 0 saturated carbocycles. The van der Waals surface area contributed by atoms with Crippen LogP contribution in [-0.2, 0) is 9.53 Å². The van der Waals surface area contributed by atoms with Gasteiger partial charge in [-0.1, -0.05) is 13.3 Å². The van der Waals surface area contributed by atoms with E-state index >= 15 is 0 Å². The van der Waals surface area contributed by atoms with Gasteiger partial charge in [0.05, 0.1) is 19.3 Å². The van der Waals surface area contributed by atoms with Crippen LogP contribution in [0.1, 0.15) is 19.3 Å². The number of carbonyl (C=O) groups is 1. The largest absolute Gasteiger partial charge is 0.378 e. The fourth-order valence-electron chi connectivity index (χ4n) is 1.25. The highest BCUT2D eigenvalue weighted by Crippen LogP contribution is 2.02. The van der Waals surface area contributed by atoms with Crippen molar-refractivity contribution in [3.8, 4) is 0 Å². The zero-order chi connectivity index (χ0) is 8.81. The maximum atomic E-state index is 11.4. The molecule has 1 aliphatic rings. The second kappa shape index (κ2) is 5.27. The van der Waals surface area contributed by atoms with Crippen molar-refractivity contribution in [2.45, 2.75) is 25.3 Å². The van der Waals surface area contributed by atoms with Gasteiger partial charge in [0.2, 0.25) is 0 Å². The van der Waals surface area contributed by atoms with Crippen LogP contribution in [0.15, 0.2) is 0 Å². The van der Waals surface area contributed by atoms with E-state index in [4.69, 9.17) is 4.74 Å². The van der Waals surface area contributed by atoms with Gasteiger partial charge in [0, 0.05) is 13.0 Å². The zero-order valence-electron chi connectivity index (χ0n) is 7.34. The van der Waals surface area contributed by atoms with Crippen molar-refractivity contribution in [3.63, 3.8) is 0 Å². The number of hydrogen-bond acceptors (Lipinski definition) is 3. The monoisotopic (exact) mass is 170 g/mol. The Bertz CT molecular complexity index is 141. The number of hydrogen-bond donors (Lipinski definition) is 1. The molecule has 0 aromatic carbocycles. The Balaban J connectivity index is 2.20. The van der Waals surface area contributed by atoms with Crippen LogP contribution < -0.4 is 5.32 Å². The van der Waals surface area contributed by atoms with Gasteiger partial charge < -0.3 is 10.1 Å². The van der Waals surface area contributed by atoms with E-state index in [1.165, 1.54) is 0 Å². The van der Waals surface area contributed by atoms with Gasteiger partial charge in [-0.05, 0) is 6.42 Å². The van der Waals surface area contributed by atoms with Crippen molar-refractivity contribution in [1.82, 2.24) is 5.32 Å². The molecule has 1 radical (unpaired) electrons. The Morgan fingerprint density at radius 1 is 1.67 bits per heavy atom. The molecule has 1 rings (SSSR count). The quantitative estimate of drug-likeness (QED) is 0.669. The molecule has 0 aliphatic carbocycles. The summed E-state index contributed by atoms with van der Waals surface area (Å²) in [6.45, 7) is 5.75. The molecule has 1 aliphatic heterocycles. The number of morpholine rings is 1. The van der Waals surface area contributed by atoms with Crippen molar-refractivity contribution in [2.24, 2.45) is 0 Å². The van der Waals surface area contributed by atoms with Crippen LogP contribution in [0.25, 0.3) is 0 Å². The number of rotatable bonds is 4. The zero-order valence-corrected chi connectivity index (χ0v) is 7.34. The Labute approximate surface area is 73.5 Å². The Kier molecular flexibility index (Phi) is 4.25. The average Bonchev–Trinajstić information content (AvgIpc) is 2.15. The molecule has 1 fully saturated rings. The first-order chi connectivity index (χ1) is 5.84. The van der Waals surface area contributed by atoms with Crippen molar-refractivity contribution in [3.05, 3.63) is 6.92 Å². The van der Waals surface area contributed by atoms with Crippen molar-refractivity contribution in [1.29, 1.82) is 0 Å². The summed E-state index contributed by atoms with van der Waals surface area (Å²) in [5.74, 6) is 0.262. The molecule has 1 N–H and O–H groups in total. The van der Waals surface area contributed by atoms with Crippen LogP contribution in [0.5, 0.6) is 0 Å². The lowest BCUT2D eigenvalue weighted by molar-refractivity contribution is -0.123. The van der Waals surface area contributed by atoms with E-state index in [2.05, 4.69) is 12.2 Å². The smallest absolute Gasteiger partial charge is 0.152 e. The number of Topliss-reactive ketones (excluding diaryl/α,β-unsaturated/α-hetero) is 1. The first kappa shape index (κ1) is 9.68. The van der Waals surface area contributed by atoms with E-state index in [0.29, 0.717) is 13.0 Å². The van der Waals surface area contributed by atoms with Gasteiger partial charge in [-0.25, -0.2) is 0 Å². The molecule has 3 heteroatoms. The average molecular weight is 170 g/mol. The molecule has 3 nitrogen and oxygen atoms in total. The molecule has 0 aromatic rings. The minimum absolute atomic E-state index is 0.0645. The van der Waals surface area contributed by atoms with Crippen molar-refractivity contribution in [2.75, 3.05) is 19.8 Å². The third kappa shape index (κ3) is 2.91. The van der Waals surface area contributed by atoms with Crippen LogP contribution in [0.3, 0.4) is 0 Å². The van der Waals surface area contributed by atoms with E-state index < -0.39 is 0 Å². The van der Waals surface area contributed by atoms with Gasteiger partial charge in [0.15, 0.2) is 5.78 Å². The Morgan fingerprint density at radius 2 is 2.50 bits per heavy atom. The van der Waals surface area contributed by atoms with E-state index in [1.54, 1.807) is 0 Å². The van der Waals surface area contributed by atoms with Gasteiger partial charge in [0.1, 0.15) is 0 Å². The Morgan fingerprint density at radius 3 is 3.08 bits per heavy atom. The van der Waals surface area contributed by atoms with E-state index in [9.17, 15) is 4.79 Å². The summed E-state index contributed by atoms with van der Waals surface area (Å²) in [6.07, 6.45) is 2.35. The van der Waals surface area contributed by atoms with Crippen LogP contribution in [0.4, 0.5) is 0 Å². The first-order valence-corrected chi connectivity index (χ1v) is 4.47. The van der Waals surface area contributed by atoms with Crippen molar-refractivity contribution >= 4 is 5.78 Å². The molecule has 0 spiro atoms. The third-order valence-electron chi connectivity index (χ3n) is 1.98. The van der Waals surface area contributed by atoms with E-state index in [1.807, 2.05) is 0 Å². The summed E-state index contributed by atoms with van der Waals surface area (Å²) in [7, 11) is 0. The normalized spacial score (nSPS) is 23.9. The summed E-state index contributed by atoms with van der Waals surface area (Å²) in [5.41, 5.74) is 0. The molecule has 0 aromatic heterocycles. The second-order valence-corrected chi connectivity index (χ2v) is 3.01. The lowest BCUT2D eigenvalue weighted by Crippen LogP contribution is -2.46. The lowest BCUT2D eigenvalue weighted by atomic mass is 10.1. The highest BCUT2D eigenvalue weighted by molar-refractivity contribution is 5.84. The Hall–Kier alpha value is -0.410. The minimum Gasteiger partial charge on any atom is -0.378 e. The fourth-order valence-corrected chi connectivity index (χ4v) is 1.25. The molecule has 12 heavy (non-hydrogen) atoms. The molecule has 0 amide bonds. The van der Waals surface area contributed by atoms with Gasteiger partial charge in [-0.3, -0.25) is 4.79 Å². The van der Waals surface area contributed by atoms with Gasteiger partial charge in [-0.2, -0.15) is 0 Å². The summed E-state index contributed by atoms with van der Waals surface area (Å²) < 4.78 is 5.18. The molecular weight excluding hydrogens is 154 g/mol. The maximum absolute atomic E-state index is 11.4. The van der Waals surface area contributed by atoms with Crippen molar-refractivity contribution < 1.29 is 9.53 Å².